The Morgan fingerprint density at radius 1 is 1.25 bits per heavy atom. The number of carbonyl (C=O) groups excluding carboxylic acids is 1. The fourth-order valence-corrected chi connectivity index (χ4v) is 2.35. The summed E-state index contributed by atoms with van der Waals surface area (Å²) < 4.78 is 2.00. The van der Waals surface area contributed by atoms with Crippen molar-refractivity contribution in [2.75, 3.05) is 7.05 Å². The molecule has 24 heavy (non-hydrogen) atoms. The second-order valence-corrected chi connectivity index (χ2v) is 5.41. The fraction of sp³-hybridized carbons (Fsp3) is 0.176. The van der Waals surface area contributed by atoms with Crippen molar-refractivity contribution in [2.24, 2.45) is 0 Å². The second-order valence-electron chi connectivity index (χ2n) is 5.41. The molecular weight excluding hydrogens is 306 g/mol. The van der Waals surface area contributed by atoms with Crippen molar-refractivity contribution in [1.29, 1.82) is 0 Å². The molecule has 0 unspecified atom stereocenters. The number of nitrogens with one attached hydrogen (secondary N) is 1. The van der Waals surface area contributed by atoms with Crippen LogP contribution in [0.15, 0.2) is 59.9 Å². The molecule has 3 aromatic rings. The van der Waals surface area contributed by atoms with Gasteiger partial charge in [0, 0.05) is 32.2 Å². The number of amides is 1. The maximum atomic E-state index is 12.4. The van der Waals surface area contributed by atoms with E-state index in [1.807, 2.05) is 41.1 Å². The smallest absolute Gasteiger partial charge is 0.274 e. The number of H-pyrrole nitrogens is 1. The van der Waals surface area contributed by atoms with E-state index in [0.29, 0.717) is 13.1 Å². The van der Waals surface area contributed by atoms with E-state index in [1.165, 1.54) is 11.1 Å². The third kappa shape index (κ3) is 3.57. The van der Waals surface area contributed by atoms with Crippen molar-refractivity contribution >= 4 is 5.91 Å². The summed E-state index contributed by atoms with van der Waals surface area (Å²) in [5.41, 5.74) is 1.01. The Kier molecular flexibility index (Phi) is 4.51. The first-order valence-electron chi connectivity index (χ1n) is 7.47. The summed E-state index contributed by atoms with van der Waals surface area (Å²) in [5.74, 6) is 0.500. The maximum absolute atomic E-state index is 12.4. The summed E-state index contributed by atoms with van der Waals surface area (Å²) in [4.78, 5) is 35.5. The molecule has 122 valence electrons. The van der Waals surface area contributed by atoms with Gasteiger partial charge in [0.05, 0.1) is 12.7 Å². The zero-order chi connectivity index (χ0) is 16.9. The molecule has 1 aromatic carbocycles. The lowest BCUT2D eigenvalue weighted by atomic mass is 10.2. The van der Waals surface area contributed by atoms with E-state index in [1.54, 1.807) is 13.2 Å². The molecule has 0 spiro atoms. The van der Waals surface area contributed by atoms with E-state index >= 15 is 0 Å². The lowest BCUT2D eigenvalue weighted by Gasteiger charge is -2.17. The summed E-state index contributed by atoms with van der Waals surface area (Å²) in [7, 11) is 1.68. The van der Waals surface area contributed by atoms with Gasteiger partial charge in [-0.2, -0.15) is 0 Å². The summed E-state index contributed by atoms with van der Waals surface area (Å²) in [6, 6.07) is 10.0. The van der Waals surface area contributed by atoms with E-state index in [0.717, 1.165) is 17.6 Å². The number of aromatic nitrogens is 4. The van der Waals surface area contributed by atoms with E-state index in [2.05, 4.69) is 15.0 Å². The second kappa shape index (κ2) is 6.91. The van der Waals surface area contributed by atoms with Crippen LogP contribution in [0.2, 0.25) is 0 Å². The number of benzene rings is 1. The molecule has 0 saturated carbocycles. The van der Waals surface area contributed by atoms with Gasteiger partial charge >= 0.3 is 0 Å². The van der Waals surface area contributed by atoms with Crippen molar-refractivity contribution in [3.05, 3.63) is 82.6 Å². The first-order valence-corrected chi connectivity index (χ1v) is 7.47. The van der Waals surface area contributed by atoms with Gasteiger partial charge in [-0.3, -0.25) is 9.59 Å². The van der Waals surface area contributed by atoms with Crippen LogP contribution in [0.3, 0.4) is 0 Å². The zero-order valence-corrected chi connectivity index (χ0v) is 13.2. The summed E-state index contributed by atoms with van der Waals surface area (Å²) in [6.07, 6.45) is 6.02. The highest BCUT2D eigenvalue weighted by molar-refractivity contribution is 5.91. The quantitative estimate of drug-likeness (QED) is 0.767. The number of nitrogens with zero attached hydrogens (tertiary/aromatic N) is 4. The minimum Gasteiger partial charge on any atom is -0.333 e. The number of hydrogen-bond acceptors (Lipinski definition) is 4. The van der Waals surface area contributed by atoms with Crippen molar-refractivity contribution in [3.8, 4) is 0 Å². The summed E-state index contributed by atoms with van der Waals surface area (Å²) in [6.45, 7) is 1.04. The number of carbonyl (C=O) groups is 1. The number of hydrogen-bond donors (Lipinski definition) is 1. The highest BCUT2D eigenvalue weighted by atomic mass is 16.2. The lowest BCUT2D eigenvalue weighted by Crippen LogP contribution is -2.29. The van der Waals surface area contributed by atoms with Crippen molar-refractivity contribution < 1.29 is 4.79 Å². The van der Waals surface area contributed by atoms with Crippen LogP contribution in [-0.2, 0) is 13.1 Å². The molecule has 7 heteroatoms. The highest BCUT2D eigenvalue weighted by Gasteiger charge is 2.16. The molecule has 1 N–H and O–H groups in total. The number of imidazole rings is 1. The van der Waals surface area contributed by atoms with Crippen LogP contribution in [0.25, 0.3) is 0 Å². The van der Waals surface area contributed by atoms with Gasteiger partial charge in [-0.05, 0) is 5.56 Å². The number of aromatic amines is 1. The van der Waals surface area contributed by atoms with Crippen LogP contribution in [0.4, 0.5) is 0 Å². The molecule has 2 heterocycles. The van der Waals surface area contributed by atoms with Gasteiger partial charge in [-0.15, -0.1) is 0 Å². The molecule has 0 aliphatic heterocycles. The Bertz CT molecular complexity index is 865. The normalized spacial score (nSPS) is 10.5. The molecule has 0 fully saturated rings. The van der Waals surface area contributed by atoms with Gasteiger partial charge in [0.25, 0.3) is 11.5 Å². The minimum absolute atomic E-state index is 0.193. The monoisotopic (exact) mass is 323 g/mol. The molecule has 0 radical (unpaired) electrons. The molecule has 0 aliphatic carbocycles. The van der Waals surface area contributed by atoms with Crippen molar-refractivity contribution in [2.45, 2.75) is 13.1 Å². The van der Waals surface area contributed by atoms with Gasteiger partial charge in [0.2, 0.25) is 0 Å². The maximum Gasteiger partial charge on any atom is 0.274 e. The standard InChI is InChI=1S/C17H17N5O2/c1-21(17(24)14-9-20-16(23)10-19-14)12-15-18-7-8-22(15)11-13-5-3-2-4-6-13/h2-10H,11-12H2,1H3,(H,20,23). The van der Waals surface area contributed by atoms with Crippen molar-refractivity contribution in [3.63, 3.8) is 0 Å². The molecule has 0 aliphatic rings. The van der Waals surface area contributed by atoms with Gasteiger partial charge in [-0.25, -0.2) is 9.97 Å². The van der Waals surface area contributed by atoms with Gasteiger partial charge in [-0.1, -0.05) is 30.3 Å². The Morgan fingerprint density at radius 3 is 2.75 bits per heavy atom. The average Bonchev–Trinajstić information content (AvgIpc) is 3.02. The predicted octanol–water partition coefficient (Wildman–Crippen LogP) is 1.29. The largest absolute Gasteiger partial charge is 0.333 e. The Labute approximate surface area is 138 Å². The minimum atomic E-state index is -0.340. The van der Waals surface area contributed by atoms with Gasteiger partial charge < -0.3 is 14.5 Å². The third-order valence-corrected chi connectivity index (χ3v) is 3.61. The van der Waals surface area contributed by atoms with Crippen LogP contribution < -0.4 is 5.56 Å². The van der Waals surface area contributed by atoms with E-state index < -0.39 is 0 Å². The number of rotatable bonds is 5. The molecule has 0 atom stereocenters. The van der Waals surface area contributed by atoms with Crippen LogP contribution in [-0.4, -0.2) is 37.4 Å². The van der Waals surface area contributed by atoms with Crippen LogP contribution in [0, 0.1) is 0 Å². The topological polar surface area (TPSA) is 83.9 Å². The Balaban J connectivity index is 1.72. The Morgan fingerprint density at radius 2 is 2.04 bits per heavy atom. The van der Waals surface area contributed by atoms with Gasteiger partial charge in [0.15, 0.2) is 0 Å². The lowest BCUT2D eigenvalue weighted by molar-refractivity contribution is 0.0774. The van der Waals surface area contributed by atoms with Crippen molar-refractivity contribution in [1.82, 2.24) is 24.4 Å². The molecule has 1 amide bonds. The summed E-state index contributed by atoms with van der Waals surface area (Å²) in [5, 5.41) is 0. The van der Waals surface area contributed by atoms with Crippen LogP contribution in [0.5, 0.6) is 0 Å². The van der Waals surface area contributed by atoms with Crippen LogP contribution >= 0.6 is 0 Å². The molecule has 0 saturated heterocycles. The highest BCUT2D eigenvalue weighted by Crippen LogP contribution is 2.08. The molecular formula is C17H17N5O2. The van der Waals surface area contributed by atoms with Crippen LogP contribution in [0.1, 0.15) is 21.9 Å². The SMILES string of the molecule is CN(Cc1nccn1Cc1ccccc1)C(=O)c1c[nH]c(=O)cn1. The third-order valence-electron chi connectivity index (χ3n) is 3.61. The first kappa shape index (κ1) is 15.7. The van der Waals surface area contributed by atoms with E-state index in [-0.39, 0.29) is 17.2 Å². The van der Waals surface area contributed by atoms with Gasteiger partial charge in [0.1, 0.15) is 11.5 Å². The summed E-state index contributed by atoms with van der Waals surface area (Å²) >= 11 is 0. The predicted molar refractivity (Wildman–Crippen MR) is 88.4 cm³/mol. The first-order chi connectivity index (χ1) is 11.6. The average molecular weight is 323 g/mol. The molecule has 0 bridgehead atoms. The Hall–Kier alpha value is -3.22. The van der Waals surface area contributed by atoms with E-state index in [9.17, 15) is 9.59 Å². The molecule has 2 aromatic heterocycles. The fourth-order valence-electron chi connectivity index (χ4n) is 2.35. The molecule has 7 nitrogen and oxygen atoms in total. The zero-order valence-electron chi connectivity index (χ0n) is 13.2. The molecule has 3 rings (SSSR count). The van der Waals surface area contributed by atoms with E-state index in [4.69, 9.17) is 0 Å².